The maximum absolute atomic E-state index is 12.4. The largest absolute Gasteiger partial charge is 0.479 e. The van der Waals surface area contributed by atoms with E-state index in [1.165, 1.54) is 6.26 Å². The summed E-state index contributed by atoms with van der Waals surface area (Å²) in [6.45, 7) is 3.79. The highest BCUT2D eigenvalue weighted by Gasteiger charge is 2.46. The lowest BCUT2D eigenvalue weighted by molar-refractivity contribution is -0.148. The highest BCUT2D eigenvalue weighted by molar-refractivity contribution is 5.98. The molecule has 2 unspecified atom stereocenters. The fourth-order valence-corrected chi connectivity index (χ4v) is 2.99. The van der Waals surface area contributed by atoms with Crippen LogP contribution >= 0.6 is 0 Å². The maximum atomic E-state index is 12.4. The van der Waals surface area contributed by atoms with Crippen LogP contribution < -0.4 is 5.32 Å². The number of aryl methyl sites for hydroxylation is 1. The Kier molecular flexibility index (Phi) is 4.16. The Morgan fingerprint density at radius 2 is 2.25 bits per heavy atom. The molecule has 1 aromatic rings. The third-order valence-corrected chi connectivity index (χ3v) is 4.33. The highest BCUT2D eigenvalue weighted by atomic mass is 16.4. The summed E-state index contributed by atoms with van der Waals surface area (Å²) in [6, 6.07) is 1.59. The van der Waals surface area contributed by atoms with Gasteiger partial charge < -0.3 is 14.8 Å². The lowest BCUT2D eigenvalue weighted by atomic mass is 9.73. The SMILES string of the molecule is CCc1occc1C(=O)NC1(C(=O)O)CCCCC1C. The van der Waals surface area contributed by atoms with E-state index < -0.39 is 11.5 Å². The zero-order valence-corrected chi connectivity index (χ0v) is 11.9. The number of hydrogen-bond donors (Lipinski definition) is 2. The molecule has 1 heterocycles. The van der Waals surface area contributed by atoms with Crippen LogP contribution in [0.4, 0.5) is 0 Å². The van der Waals surface area contributed by atoms with E-state index in [2.05, 4.69) is 5.32 Å². The minimum absolute atomic E-state index is 0.0744. The van der Waals surface area contributed by atoms with Crippen molar-refractivity contribution in [1.82, 2.24) is 5.32 Å². The Morgan fingerprint density at radius 3 is 2.85 bits per heavy atom. The molecule has 0 spiro atoms. The number of aliphatic carboxylic acids is 1. The van der Waals surface area contributed by atoms with E-state index in [1.807, 2.05) is 13.8 Å². The monoisotopic (exact) mass is 279 g/mol. The lowest BCUT2D eigenvalue weighted by Crippen LogP contribution is -2.60. The van der Waals surface area contributed by atoms with Crippen LogP contribution in [0.2, 0.25) is 0 Å². The zero-order chi connectivity index (χ0) is 14.8. The molecular formula is C15H21NO4. The number of nitrogens with one attached hydrogen (secondary N) is 1. The Bertz CT molecular complexity index is 508. The third kappa shape index (κ3) is 2.44. The molecule has 0 aromatic carbocycles. The predicted molar refractivity (Wildman–Crippen MR) is 73.6 cm³/mol. The first-order valence-electron chi connectivity index (χ1n) is 7.13. The van der Waals surface area contributed by atoms with Gasteiger partial charge in [-0.1, -0.05) is 26.7 Å². The number of carboxylic acids is 1. The zero-order valence-electron chi connectivity index (χ0n) is 11.9. The van der Waals surface area contributed by atoms with Gasteiger partial charge in [-0.2, -0.15) is 0 Å². The minimum atomic E-state index is -1.16. The predicted octanol–water partition coefficient (Wildman–Crippen LogP) is 2.61. The van der Waals surface area contributed by atoms with E-state index in [-0.39, 0.29) is 11.8 Å². The summed E-state index contributed by atoms with van der Waals surface area (Å²) >= 11 is 0. The van der Waals surface area contributed by atoms with Crippen LogP contribution in [0, 0.1) is 5.92 Å². The lowest BCUT2D eigenvalue weighted by Gasteiger charge is -2.39. The van der Waals surface area contributed by atoms with Gasteiger partial charge in [-0.05, 0) is 24.8 Å². The molecule has 1 aromatic heterocycles. The van der Waals surface area contributed by atoms with E-state index in [4.69, 9.17) is 4.42 Å². The molecule has 5 nitrogen and oxygen atoms in total. The summed E-state index contributed by atoms with van der Waals surface area (Å²) in [5.41, 5.74) is -0.719. The second kappa shape index (κ2) is 5.69. The van der Waals surface area contributed by atoms with Crippen LogP contribution in [-0.2, 0) is 11.2 Å². The molecule has 2 N–H and O–H groups in total. The number of hydrogen-bond acceptors (Lipinski definition) is 3. The number of furan rings is 1. The van der Waals surface area contributed by atoms with Crippen molar-refractivity contribution < 1.29 is 19.1 Å². The quantitative estimate of drug-likeness (QED) is 0.887. The summed E-state index contributed by atoms with van der Waals surface area (Å²) in [5, 5.41) is 12.4. The molecule has 2 rings (SSSR count). The van der Waals surface area contributed by atoms with Crippen LogP contribution in [0.25, 0.3) is 0 Å². The van der Waals surface area contributed by atoms with Gasteiger partial charge in [0.25, 0.3) is 5.91 Å². The summed E-state index contributed by atoms with van der Waals surface area (Å²) in [5.74, 6) is -0.785. The maximum Gasteiger partial charge on any atom is 0.329 e. The van der Waals surface area contributed by atoms with Crippen molar-refractivity contribution in [1.29, 1.82) is 0 Å². The highest BCUT2D eigenvalue weighted by Crippen LogP contribution is 2.34. The van der Waals surface area contributed by atoms with Crippen LogP contribution in [0.3, 0.4) is 0 Å². The van der Waals surface area contributed by atoms with Gasteiger partial charge in [-0.15, -0.1) is 0 Å². The first-order chi connectivity index (χ1) is 9.51. The van der Waals surface area contributed by atoms with Gasteiger partial charge in [0.1, 0.15) is 11.3 Å². The van der Waals surface area contributed by atoms with Gasteiger partial charge >= 0.3 is 5.97 Å². The Labute approximate surface area is 118 Å². The Balaban J connectivity index is 2.25. The van der Waals surface area contributed by atoms with E-state index in [0.717, 1.165) is 19.3 Å². The van der Waals surface area contributed by atoms with Gasteiger partial charge in [0.2, 0.25) is 0 Å². The van der Waals surface area contributed by atoms with Crippen molar-refractivity contribution in [2.75, 3.05) is 0 Å². The van der Waals surface area contributed by atoms with E-state index in [1.54, 1.807) is 6.07 Å². The second-order valence-corrected chi connectivity index (χ2v) is 5.49. The van der Waals surface area contributed by atoms with Gasteiger partial charge in [0.15, 0.2) is 0 Å². The van der Waals surface area contributed by atoms with E-state index >= 15 is 0 Å². The minimum Gasteiger partial charge on any atom is -0.479 e. The molecule has 1 saturated carbocycles. The number of amides is 1. The molecule has 5 heteroatoms. The molecular weight excluding hydrogens is 258 g/mol. The molecule has 0 saturated heterocycles. The van der Waals surface area contributed by atoms with Crippen molar-refractivity contribution in [3.63, 3.8) is 0 Å². The standard InChI is InChI=1S/C15H21NO4/c1-3-12-11(7-9-20-12)13(17)16-15(14(18)19)8-5-4-6-10(15)2/h7,9-10H,3-6,8H2,1-2H3,(H,16,17)(H,18,19). The smallest absolute Gasteiger partial charge is 0.329 e. The van der Waals surface area contributed by atoms with Gasteiger partial charge in [-0.25, -0.2) is 4.79 Å². The molecule has 20 heavy (non-hydrogen) atoms. The Hall–Kier alpha value is -1.78. The fourth-order valence-electron chi connectivity index (χ4n) is 2.99. The average Bonchev–Trinajstić information content (AvgIpc) is 2.89. The van der Waals surface area contributed by atoms with E-state index in [9.17, 15) is 14.7 Å². The van der Waals surface area contributed by atoms with Crippen molar-refractivity contribution in [2.24, 2.45) is 5.92 Å². The first kappa shape index (κ1) is 14.6. The molecule has 1 fully saturated rings. The summed E-state index contributed by atoms with van der Waals surface area (Å²) in [7, 11) is 0. The third-order valence-electron chi connectivity index (χ3n) is 4.33. The molecule has 1 amide bonds. The molecule has 2 atom stereocenters. The first-order valence-corrected chi connectivity index (χ1v) is 7.13. The molecule has 1 aliphatic rings. The van der Waals surface area contributed by atoms with Gasteiger partial charge in [0.05, 0.1) is 11.8 Å². The fraction of sp³-hybridized carbons (Fsp3) is 0.600. The van der Waals surface area contributed by atoms with Crippen LogP contribution in [0.1, 0.15) is 55.6 Å². The molecule has 0 bridgehead atoms. The van der Waals surface area contributed by atoms with Gasteiger partial charge in [-0.3, -0.25) is 4.79 Å². The molecule has 110 valence electrons. The number of rotatable bonds is 4. The normalized spacial score (nSPS) is 26.2. The Morgan fingerprint density at radius 1 is 1.50 bits per heavy atom. The average molecular weight is 279 g/mol. The van der Waals surface area contributed by atoms with Crippen molar-refractivity contribution in [2.45, 2.75) is 51.5 Å². The van der Waals surface area contributed by atoms with Crippen LogP contribution in [-0.4, -0.2) is 22.5 Å². The summed E-state index contributed by atoms with van der Waals surface area (Å²) in [4.78, 5) is 24.1. The van der Waals surface area contributed by atoms with Crippen LogP contribution in [0.5, 0.6) is 0 Å². The van der Waals surface area contributed by atoms with Gasteiger partial charge in [0, 0.05) is 6.42 Å². The number of carboxylic acid groups (broad SMARTS) is 1. The van der Waals surface area contributed by atoms with Crippen LogP contribution in [0.15, 0.2) is 16.7 Å². The number of carbonyl (C=O) groups is 2. The molecule has 0 aliphatic heterocycles. The summed E-state index contributed by atoms with van der Waals surface area (Å²) < 4.78 is 5.24. The summed E-state index contributed by atoms with van der Waals surface area (Å²) in [6.07, 6.45) is 5.20. The molecule has 0 radical (unpaired) electrons. The topological polar surface area (TPSA) is 79.5 Å². The van der Waals surface area contributed by atoms with Crippen molar-refractivity contribution in [3.05, 3.63) is 23.7 Å². The van der Waals surface area contributed by atoms with Crippen molar-refractivity contribution in [3.8, 4) is 0 Å². The van der Waals surface area contributed by atoms with Crippen molar-refractivity contribution >= 4 is 11.9 Å². The second-order valence-electron chi connectivity index (χ2n) is 5.49. The van der Waals surface area contributed by atoms with E-state index in [0.29, 0.717) is 24.2 Å². The molecule has 1 aliphatic carbocycles. The number of carbonyl (C=O) groups excluding carboxylic acids is 1.